The maximum atomic E-state index is 11.2. The molecule has 0 aliphatic rings. The van der Waals surface area contributed by atoms with Crippen molar-refractivity contribution in [2.75, 3.05) is 0 Å². The molecular weight excluding hydrogens is 230 g/mol. The molecule has 1 unspecified atom stereocenters. The fraction of sp³-hybridized carbons (Fsp3) is 0.231. The lowest BCUT2D eigenvalue weighted by molar-refractivity contribution is -0.128. The summed E-state index contributed by atoms with van der Waals surface area (Å²) in [5, 5.41) is 15.9. The van der Waals surface area contributed by atoms with E-state index in [1.54, 1.807) is 10.9 Å². The molecule has 5 heteroatoms. The monoisotopic (exact) mass is 245 g/mol. The van der Waals surface area contributed by atoms with E-state index in [1.165, 1.54) is 6.92 Å². The minimum atomic E-state index is -0.992. The lowest BCUT2D eigenvalue weighted by Crippen LogP contribution is -2.31. The van der Waals surface area contributed by atoms with Crippen molar-refractivity contribution in [1.82, 2.24) is 15.1 Å². The van der Waals surface area contributed by atoms with Crippen molar-refractivity contribution in [2.24, 2.45) is 0 Å². The highest BCUT2D eigenvalue weighted by atomic mass is 16.3. The summed E-state index contributed by atoms with van der Waals surface area (Å²) in [5.41, 5.74) is 1.85. The third kappa shape index (κ3) is 2.95. The first kappa shape index (κ1) is 12.3. The molecule has 0 saturated carbocycles. The Kier molecular flexibility index (Phi) is 3.74. The molecule has 1 aromatic carbocycles. The van der Waals surface area contributed by atoms with Gasteiger partial charge in [0.15, 0.2) is 0 Å². The molecular formula is C13H15N3O2. The number of carbonyl (C=O) groups is 1. The standard InChI is InChI=1S/C13H15N3O2/c1-10(17)13(18)14-7-11-8-15-16(9-11)12-5-3-2-4-6-12/h2-6,8-10,17H,7H2,1H3,(H,14,18). The average molecular weight is 245 g/mol. The van der Waals surface area contributed by atoms with E-state index in [-0.39, 0.29) is 5.91 Å². The Balaban J connectivity index is 2.01. The van der Waals surface area contributed by atoms with Crippen LogP contribution in [0, 0.1) is 0 Å². The van der Waals surface area contributed by atoms with Crippen LogP contribution in [0.25, 0.3) is 5.69 Å². The number of para-hydroxylation sites is 1. The maximum absolute atomic E-state index is 11.2. The van der Waals surface area contributed by atoms with Gasteiger partial charge in [-0.3, -0.25) is 4.79 Å². The zero-order chi connectivity index (χ0) is 13.0. The van der Waals surface area contributed by atoms with E-state index in [0.29, 0.717) is 6.54 Å². The van der Waals surface area contributed by atoms with Crippen molar-refractivity contribution in [3.8, 4) is 5.69 Å². The van der Waals surface area contributed by atoms with Gasteiger partial charge < -0.3 is 10.4 Å². The summed E-state index contributed by atoms with van der Waals surface area (Å²) in [6.45, 7) is 1.79. The number of aliphatic hydroxyl groups is 1. The molecule has 1 atom stereocenters. The van der Waals surface area contributed by atoms with E-state index in [0.717, 1.165) is 11.3 Å². The SMILES string of the molecule is CC(O)C(=O)NCc1cnn(-c2ccccc2)c1. The minimum Gasteiger partial charge on any atom is -0.384 e. The van der Waals surface area contributed by atoms with Crippen molar-refractivity contribution in [3.63, 3.8) is 0 Å². The normalized spacial score (nSPS) is 12.1. The summed E-state index contributed by atoms with van der Waals surface area (Å²) in [7, 11) is 0. The van der Waals surface area contributed by atoms with Gasteiger partial charge in [-0.25, -0.2) is 4.68 Å². The Morgan fingerprint density at radius 2 is 2.17 bits per heavy atom. The Morgan fingerprint density at radius 1 is 1.44 bits per heavy atom. The molecule has 1 amide bonds. The second-order valence-electron chi connectivity index (χ2n) is 4.02. The van der Waals surface area contributed by atoms with Crippen molar-refractivity contribution < 1.29 is 9.90 Å². The molecule has 1 heterocycles. The van der Waals surface area contributed by atoms with Gasteiger partial charge in [0, 0.05) is 18.3 Å². The third-order valence-electron chi connectivity index (χ3n) is 2.50. The molecule has 0 fully saturated rings. The molecule has 0 radical (unpaired) electrons. The van der Waals surface area contributed by atoms with Gasteiger partial charge in [0.1, 0.15) is 6.10 Å². The molecule has 0 bridgehead atoms. The highest BCUT2D eigenvalue weighted by Crippen LogP contribution is 2.07. The Labute approximate surface area is 105 Å². The van der Waals surface area contributed by atoms with Crippen molar-refractivity contribution in [3.05, 3.63) is 48.3 Å². The van der Waals surface area contributed by atoms with E-state index in [9.17, 15) is 4.79 Å². The number of rotatable bonds is 4. The number of benzene rings is 1. The number of hydrogen-bond donors (Lipinski definition) is 2. The van der Waals surface area contributed by atoms with E-state index >= 15 is 0 Å². The molecule has 0 aliphatic heterocycles. The van der Waals surface area contributed by atoms with Gasteiger partial charge in [-0.1, -0.05) is 18.2 Å². The molecule has 94 valence electrons. The highest BCUT2D eigenvalue weighted by Gasteiger charge is 2.08. The average Bonchev–Trinajstić information content (AvgIpc) is 2.85. The summed E-state index contributed by atoms with van der Waals surface area (Å²) >= 11 is 0. The second-order valence-corrected chi connectivity index (χ2v) is 4.02. The van der Waals surface area contributed by atoms with Gasteiger partial charge >= 0.3 is 0 Å². The number of nitrogens with zero attached hydrogens (tertiary/aromatic N) is 2. The minimum absolute atomic E-state index is 0.358. The van der Waals surface area contributed by atoms with E-state index in [2.05, 4.69) is 10.4 Å². The predicted molar refractivity (Wildman–Crippen MR) is 67.1 cm³/mol. The fourth-order valence-corrected chi connectivity index (χ4v) is 1.51. The summed E-state index contributed by atoms with van der Waals surface area (Å²) in [6.07, 6.45) is 2.54. The van der Waals surface area contributed by atoms with Gasteiger partial charge in [-0.05, 0) is 19.1 Å². The van der Waals surface area contributed by atoms with Crippen LogP contribution in [0.1, 0.15) is 12.5 Å². The lowest BCUT2D eigenvalue weighted by Gasteiger charge is -2.04. The number of carbonyl (C=O) groups excluding carboxylic acids is 1. The fourth-order valence-electron chi connectivity index (χ4n) is 1.51. The topological polar surface area (TPSA) is 67.2 Å². The van der Waals surface area contributed by atoms with Gasteiger partial charge in [-0.2, -0.15) is 5.10 Å². The molecule has 0 saturated heterocycles. The quantitative estimate of drug-likeness (QED) is 0.840. The van der Waals surface area contributed by atoms with E-state index in [4.69, 9.17) is 5.11 Å². The molecule has 0 aliphatic carbocycles. The van der Waals surface area contributed by atoms with Gasteiger partial charge in [-0.15, -0.1) is 0 Å². The molecule has 5 nitrogen and oxygen atoms in total. The van der Waals surface area contributed by atoms with Crippen LogP contribution in [0.2, 0.25) is 0 Å². The number of hydrogen-bond acceptors (Lipinski definition) is 3. The smallest absolute Gasteiger partial charge is 0.248 e. The van der Waals surface area contributed by atoms with Crippen LogP contribution in [-0.2, 0) is 11.3 Å². The van der Waals surface area contributed by atoms with Crippen LogP contribution >= 0.6 is 0 Å². The van der Waals surface area contributed by atoms with Crippen LogP contribution in [0.5, 0.6) is 0 Å². The van der Waals surface area contributed by atoms with Crippen LogP contribution in [-0.4, -0.2) is 26.9 Å². The zero-order valence-corrected chi connectivity index (χ0v) is 10.1. The highest BCUT2D eigenvalue weighted by molar-refractivity contribution is 5.79. The molecule has 2 aromatic rings. The van der Waals surface area contributed by atoms with Crippen molar-refractivity contribution >= 4 is 5.91 Å². The zero-order valence-electron chi connectivity index (χ0n) is 10.1. The van der Waals surface area contributed by atoms with Crippen LogP contribution in [0.3, 0.4) is 0 Å². The Morgan fingerprint density at radius 3 is 2.83 bits per heavy atom. The Bertz CT molecular complexity index is 520. The Hall–Kier alpha value is -2.14. The summed E-state index contributed by atoms with van der Waals surface area (Å²) in [6, 6.07) is 9.71. The molecule has 2 rings (SSSR count). The van der Waals surface area contributed by atoms with E-state index < -0.39 is 6.10 Å². The maximum Gasteiger partial charge on any atom is 0.248 e. The molecule has 2 N–H and O–H groups in total. The first-order chi connectivity index (χ1) is 8.66. The number of aliphatic hydroxyl groups excluding tert-OH is 1. The lowest BCUT2D eigenvalue weighted by atomic mass is 10.3. The number of nitrogens with one attached hydrogen (secondary N) is 1. The van der Waals surface area contributed by atoms with Crippen LogP contribution < -0.4 is 5.32 Å². The summed E-state index contributed by atoms with van der Waals surface area (Å²) < 4.78 is 1.74. The first-order valence-electron chi connectivity index (χ1n) is 5.71. The molecule has 1 aromatic heterocycles. The predicted octanol–water partition coefficient (Wildman–Crippen LogP) is 0.869. The first-order valence-corrected chi connectivity index (χ1v) is 5.71. The van der Waals surface area contributed by atoms with Crippen LogP contribution in [0.4, 0.5) is 0 Å². The summed E-state index contributed by atoms with van der Waals surface area (Å²) in [5.74, 6) is -0.387. The van der Waals surface area contributed by atoms with Crippen molar-refractivity contribution in [2.45, 2.75) is 19.6 Å². The summed E-state index contributed by atoms with van der Waals surface area (Å²) in [4.78, 5) is 11.2. The van der Waals surface area contributed by atoms with Gasteiger partial charge in [0.25, 0.3) is 0 Å². The third-order valence-corrected chi connectivity index (χ3v) is 2.50. The second kappa shape index (κ2) is 5.46. The largest absolute Gasteiger partial charge is 0.384 e. The molecule has 0 spiro atoms. The molecule has 18 heavy (non-hydrogen) atoms. The van der Waals surface area contributed by atoms with Gasteiger partial charge in [0.2, 0.25) is 5.91 Å². The number of aromatic nitrogens is 2. The number of amides is 1. The van der Waals surface area contributed by atoms with E-state index in [1.807, 2.05) is 36.5 Å². The van der Waals surface area contributed by atoms with Gasteiger partial charge in [0.05, 0.1) is 11.9 Å². The van der Waals surface area contributed by atoms with Crippen LogP contribution in [0.15, 0.2) is 42.7 Å². The van der Waals surface area contributed by atoms with Crippen molar-refractivity contribution in [1.29, 1.82) is 0 Å².